The number of hydrogen-bond acceptors (Lipinski definition) is 3. The van der Waals surface area contributed by atoms with Gasteiger partial charge >= 0.3 is 0 Å². The van der Waals surface area contributed by atoms with Crippen LogP contribution in [0, 0.1) is 11.8 Å². The molecule has 1 rings (SSSR count). The topological polar surface area (TPSA) is 18.5 Å². The van der Waals surface area contributed by atoms with Crippen LogP contribution in [0.15, 0.2) is 18.2 Å². The van der Waals surface area contributed by atoms with E-state index in [2.05, 4.69) is 59.4 Å². The fourth-order valence-corrected chi connectivity index (χ4v) is 2.32. The Labute approximate surface area is 135 Å². The van der Waals surface area contributed by atoms with Gasteiger partial charge in [0.2, 0.25) is 0 Å². The van der Waals surface area contributed by atoms with Crippen molar-refractivity contribution in [2.45, 2.75) is 47.0 Å². The second-order valence-electron chi connectivity index (χ2n) is 6.53. The van der Waals surface area contributed by atoms with Crippen molar-refractivity contribution in [3.05, 3.63) is 23.8 Å². The summed E-state index contributed by atoms with van der Waals surface area (Å²) < 4.78 is 11.8. The van der Waals surface area contributed by atoms with E-state index in [0.717, 1.165) is 23.7 Å². The van der Waals surface area contributed by atoms with Gasteiger partial charge in [-0.1, -0.05) is 40.7 Å². The summed E-state index contributed by atoms with van der Waals surface area (Å²) in [4.78, 5) is 0. The van der Waals surface area contributed by atoms with Gasteiger partial charge in [0.15, 0.2) is 11.5 Å². The Balaban J connectivity index is 2.90. The number of ether oxygens (including phenoxy) is 2. The predicted octanol–water partition coefficient (Wildman–Crippen LogP) is 5.18. The molecular weight excluding hydrogens is 280 g/mol. The lowest BCUT2D eigenvalue weighted by Crippen LogP contribution is -2.09. The minimum atomic E-state index is 0.489. The van der Waals surface area contributed by atoms with Crippen molar-refractivity contribution >= 4 is 12.6 Å². The highest BCUT2D eigenvalue weighted by Gasteiger charge is 2.12. The van der Waals surface area contributed by atoms with E-state index < -0.39 is 0 Å². The van der Waals surface area contributed by atoms with Gasteiger partial charge in [-0.3, -0.25) is 0 Å². The third-order valence-corrected chi connectivity index (χ3v) is 3.50. The Kier molecular flexibility index (Phi) is 8.02. The molecule has 2 nitrogen and oxygen atoms in total. The maximum absolute atomic E-state index is 5.96. The molecule has 0 heterocycles. The van der Waals surface area contributed by atoms with Gasteiger partial charge in [0.05, 0.1) is 13.2 Å². The molecule has 120 valence electrons. The van der Waals surface area contributed by atoms with E-state index in [9.17, 15) is 0 Å². The van der Waals surface area contributed by atoms with Gasteiger partial charge in [-0.25, -0.2) is 0 Å². The Morgan fingerprint density at radius 3 is 2.00 bits per heavy atom. The number of thiol groups is 1. The smallest absolute Gasteiger partial charge is 0.161 e. The lowest BCUT2D eigenvalue weighted by atomic mass is 9.98. The summed E-state index contributed by atoms with van der Waals surface area (Å²) in [5.74, 6) is 4.11. The zero-order chi connectivity index (χ0) is 15.8. The minimum absolute atomic E-state index is 0.489. The molecule has 0 aliphatic rings. The number of rotatable bonds is 9. The first-order valence-electron chi connectivity index (χ1n) is 7.94. The van der Waals surface area contributed by atoms with Crippen LogP contribution in [0.2, 0.25) is 0 Å². The van der Waals surface area contributed by atoms with Crippen molar-refractivity contribution < 1.29 is 9.47 Å². The van der Waals surface area contributed by atoms with Gasteiger partial charge in [-0.15, -0.1) is 0 Å². The van der Waals surface area contributed by atoms with Crippen molar-refractivity contribution in [1.82, 2.24) is 0 Å². The van der Waals surface area contributed by atoms with E-state index in [1.165, 1.54) is 5.56 Å². The number of benzene rings is 1. The second kappa shape index (κ2) is 9.24. The van der Waals surface area contributed by atoms with Crippen LogP contribution in [-0.4, -0.2) is 19.0 Å². The van der Waals surface area contributed by atoms with E-state index in [0.29, 0.717) is 31.0 Å². The highest BCUT2D eigenvalue weighted by Crippen LogP contribution is 2.33. The third kappa shape index (κ3) is 6.64. The SMILES string of the molecule is CC(C)COc1ccc(C(C)CCS)cc1OCC(C)C. The van der Waals surface area contributed by atoms with E-state index in [4.69, 9.17) is 9.47 Å². The molecule has 0 N–H and O–H groups in total. The molecule has 0 fully saturated rings. The first kappa shape index (κ1) is 18.2. The van der Waals surface area contributed by atoms with Gasteiger partial charge in [0.25, 0.3) is 0 Å². The molecule has 21 heavy (non-hydrogen) atoms. The average molecular weight is 311 g/mol. The molecule has 3 heteroatoms. The summed E-state index contributed by atoms with van der Waals surface area (Å²) in [6.45, 7) is 12.3. The summed E-state index contributed by atoms with van der Waals surface area (Å²) in [7, 11) is 0. The van der Waals surface area contributed by atoms with Crippen LogP contribution in [0.25, 0.3) is 0 Å². The first-order chi connectivity index (χ1) is 9.93. The molecule has 0 saturated carbocycles. The first-order valence-corrected chi connectivity index (χ1v) is 8.57. The van der Waals surface area contributed by atoms with Crippen molar-refractivity contribution in [2.75, 3.05) is 19.0 Å². The molecule has 0 bridgehead atoms. The van der Waals surface area contributed by atoms with Crippen molar-refractivity contribution in [3.63, 3.8) is 0 Å². The molecule has 1 unspecified atom stereocenters. The molecule has 0 spiro atoms. The van der Waals surface area contributed by atoms with Crippen LogP contribution in [0.5, 0.6) is 11.5 Å². The summed E-state index contributed by atoms with van der Waals surface area (Å²) in [5, 5.41) is 0. The Hall–Kier alpha value is -0.830. The molecule has 0 saturated heterocycles. The molecule has 0 aliphatic heterocycles. The molecule has 0 aliphatic carbocycles. The highest BCUT2D eigenvalue weighted by molar-refractivity contribution is 7.80. The lowest BCUT2D eigenvalue weighted by Gasteiger charge is -2.18. The standard InChI is InChI=1S/C18H30O2S/c1-13(2)11-19-17-7-6-16(15(5)8-9-21)10-18(17)20-12-14(3)4/h6-7,10,13-15,21H,8-9,11-12H2,1-5H3. The maximum atomic E-state index is 5.96. The Morgan fingerprint density at radius 1 is 0.905 bits per heavy atom. The Morgan fingerprint density at radius 2 is 1.48 bits per heavy atom. The third-order valence-electron chi connectivity index (χ3n) is 3.24. The predicted molar refractivity (Wildman–Crippen MR) is 94.0 cm³/mol. The molecule has 1 aromatic carbocycles. The maximum Gasteiger partial charge on any atom is 0.161 e. The van der Waals surface area contributed by atoms with Crippen LogP contribution < -0.4 is 9.47 Å². The fourth-order valence-electron chi connectivity index (χ4n) is 1.94. The van der Waals surface area contributed by atoms with Gasteiger partial charge < -0.3 is 9.47 Å². The van der Waals surface area contributed by atoms with Crippen LogP contribution in [-0.2, 0) is 0 Å². The quantitative estimate of drug-likeness (QED) is 0.634. The van der Waals surface area contributed by atoms with E-state index in [1.54, 1.807) is 0 Å². The van der Waals surface area contributed by atoms with E-state index in [1.807, 2.05) is 6.07 Å². The Bertz CT molecular complexity index is 416. The van der Waals surface area contributed by atoms with Crippen LogP contribution in [0.1, 0.15) is 52.5 Å². The second-order valence-corrected chi connectivity index (χ2v) is 6.98. The minimum Gasteiger partial charge on any atom is -0.489 e. The highest BCUT2D eigenvalue weighted by atomic mass is 32.1. The largest absolute Gasteiger partial charge is 0.489 e. The van der Waals surface area contributed by atoms with Gasteiger partial charge in [0.1, 0.15) is 0 Å². The van der Waals surface area contributed by atoms with E-state index in [-0.39, 0.29) is 0 Å². The lowest BCUT2D eigenvalue weighted by molar-refractivity contribution is 0.229. The zero-order valence-electron chi connectivity index (χ0n) is 14.1. The number of hydrogen-bond donors (Lipinski definition) is 1. The van der Waals surface area contributed by atoms with Crippen LogP contribution >= 0.6 is 12.6 Å². The van der Waals surface area contributed by atoms with Gasteiger partial charge in [-0.05, 0) is 47.6 Å². The monoisotopic (exact) mass is 310 g/mol. The summed E-state index contributed by atoms with van der Waals surface area (Å²) in [6, 6.07) is 6.32. The average Bonchev–Trinajstić information content (AvgIpc) is 2.43. The van der Waals surface area contributed by atoms with E-state index >= 15 is 0 Å². The van der Waals surface area contributed by atoms with Gasteiger partial charge in [-0.2, -0.15) is 12.6 Å². The normalized spacial score (nSPS) is 12.8. The molecule has 1 atom stereocenters. The molecular formula is C18H30O2S. The summed E-state index contributed by atoms with van der Waals surface area (Å²) in [6.07, 6.45) is 1.07. The van der Waals surface area contributed by atoms with Crippen molar-refractivity contribution in [3.8, 4) is 11.5 Å². The summed E-state index contributed by atoms with van der Waals surface area (Å²) in [5.41, 5.74) is 1.29. The molecule has 0 amide bonds. The molecule has 0 radical (unpaired) electrons. The van der Waals surface area contributed by atoms with Crippen molar-refractivity contribution in [2.24, 2.45) is 11.8 Å². The van der Waals surface area contributed by atoms with Crippen LogP contribution in [0.4, 0.5) is 0 Å². The van der Waals surface area contributed by atoms with Gasteiger partial charge in [0, 0.05) is 0 Å². The van der Waals surface area contributed by atoms with Crippen molar-refractivity contribution in [1.29, 1.82) is 0 Å². The zero-order valence-corrected chi connectivity index (χ0v) is 15.0. The molecule has 1 aromatic rings. The summed E-state index contributed by atoms with van der Waals surface area (Å²) >= 11 is 4.32. The van der Waals surface area contributed by atoms with Crippen LogP contribution in [0.3, 0.4) is 0 Å². The molecule has 0 aromatic heterocycles. The fraction of sp³-hybridized carbons (Fsp3) is 0.667.